The summed E-state index contributed by atoms with van der Waals surface area (Å²) in [6.45, 7) is -0.306. The Morgan fingerprint density at radius 1 is 1.03 bits per heavy atom. The number of hydrogen-bond acceptors (Lipinski definition) is 4. The average molecular weight is 533 g/mol. The Hall–Kier alpha value is -3.56. The molecule has 0 bridgehead atoms. The van der Waals surface area contributed by atoms with Gasteiger partial charge in [-0.3, -0.25) is 9.69 Å². The van der Waals surface area contributed by atoms with Gasteiger partial charge in [-0.1, -0.05) is 23.7 Å². The third-order valence-corrected chi connectivity index (χ3v) is 6.18. The van der Waals surface area contributed by atoms with Crippen LogP contribution in [0.15, 0.2) is 72.8 Å². The fourth-order valence-corrected chi connectivity index (χ4v) is 4.26. The minimum Gasteiger partial charge on any atom is -0.457 e. The molecule has 0 spiro atoms. The van der Waals surface area contributed by atoms with E-state index in [0.29, 0.717) is 27.8 Å². The molecular weight excluding hydrogens is 509 g/mol. The van der Waals surface area contributed by atoms with Crippen molar-refractivity contribution in [3.63, 3.8) is 0 Å². The molecule has 1 heterocycles. The lowest BCUT2D eigenvalue weighted by Crippen LogP contribution is -2.35. The van der Waals surface area contributed by atoms with E-state index in [2.05, 4.69) is 0 Å². The zero-order valence-electron chi connectivity index (χ0n) is 19.6. The van der Waals surface area contributed by atoms with E-state index in [1.54, 1.807) is 48.5 Å². The number of Topliss-reactive ketones (excluding diaryl/α,β-unsaturated/α-hetero) is 1. The van der Waals surface area contributed by atoms with Crippen molar-refractivity contribution in [1.82, 2.24) is 4.90 Å². The standard InChI is InChI=1S/C27H24ClF3N2O4/c28-20-6-10-23(11-7-20)37-24-12-8-21(9-13-24)33-25(18-3-1-4-19(15-18)27(29,30)31)17-32(26(33)36)16-22(35)5-2-14-34/h1,3-4,6-13,15,25,34H,2,5,14,16-17H2. The van der Waals surface area contributed by atoms with Gasteiger partial charge in [-0.2, -0.15) is 13.2 Å². The van der Waals surface area contributed by atoms with Crippen LogP contribution in [0, 0.1) is 0 Å². The van der Waals surface area contributed by atoms with E-state index in [1.807, 2.05) is 0 Å². The number of amides is 2. The van der Waals surface area contributed by atoms with Crippen molar-refractivity contribution in [1.29, 1.82) is 0 Å². The van der Waals surface area contributed by atoms with Crippen LogP contribution in [0.3, 0.4) is 0 Å². The van der Waals surface area contributed by atoms with Gasteiger partial charge in [0, 0.05) is 30.3 Å². The monoisotopic (exact) mass is 532 g/mol. The highest BCUT2D eigenvalue weighted by molar-refractivity contribution is 6.30. The number of carbonyl (C=O) groups is 2. The number of halogens is 4. The molecular formula is C27H24ClF3N2O4. The fraction of sp³-hybridized carbons (Fsp3) is 0.259. The molecule has 3 aromatic carbocycles. The van der Waals surface area contributed by atoms with Crippen LogP contribution in [0.25, 0.3) is 0 Å². The summed E-state index contributed by atoms with van der Waals surface area (Å²) in [5.74, 6) is 0.812. The summed E-state index contributed by atoms with van der Waals surface area (Å²) in [5, 5.41) is 9.54. The highest BCUT2D eigenvalue weighted by Crippen LogP contribution is 2.38. The van der Waals surface area contributed by atoms with Crippen molar-refractivity contribution < 1.29 is 32.6 Å². The van der Waals surface area contributed by atoms with Crippen LogP contribution in [0.2, 0.25) is 5.02 Å². The van der Waals surface area contributed by atoms with Crippen LogP contribution in [0.1, 0.15) is 30.0 Å². The zero-order valence-corrected chi connectivity index (χ0v) is 20.4. The van der Waals surface area contributed by atoms with Crippen LogP contribution in [0.4, 0.5) is 23.7 Å². The molecule has 37 heavy (non-hydrogen) atoms. The largest absolute Gasteiger partial charge is 0.457 e. The minimum atomic E-state index is -4.54. The summed E-state index contributed by atoms with van der Waals surface area (Å²) in [4.78, 5) is 28.4. The molecule has 194 valence electrons. The summed E-state index contributed by atoms with van der Waals surface area (Å²) >= 11 is 5.90. The summed E-state index contributed by atoms with van der Waals surface area (Å²) in [6.07, 6.45) is -4.16. The molecule has 1 fully saturated rings. The van der Waals surface area contributed by atoms with Crippen LogP contribution in [-0.4, -0.2) is 41.5 Å². The number of carbonyl (C=O) groups excluding carboxylic acids is 2. The van der Waals surface area contributed by atoms with Crippen LogP contribution < -0.4 is 9.64 Å². The number of ketones is 1. The van der Waals surface area contributed by atoms with Crippen molar-refractivity contribution in [2.24, 2.45) is 0 Å². The van der Waals surface area contributed by atoms with Crippen LogP contribution in [0.5, 0.6) is 11.5 Å². The Balaban J connectivity index is 1.62. The second-order valence-electron chi connectivity index (χ2n) is 8.59. The maximum absolute atomic E-state index is 13.4. The number of hydrogen-bond donors (Lipinski definition) is 1. The van der Waals surface area contributed by atoms with E-state index < -0.39 is 23.8 Å². The molecule has 1 aliphatic heterocycles. The van der Waals surface area contributed by atoms with E-state index in [0.717, 1.165) is 12.1 Å². The Bertz CT molecular complexity index is 1250. The number of aliphatic hydroxyl groups is 1. The van der Waals surface area contributed by atoms with Gasteiger partial charge in [0.1, 0.15) is 11.5 Å². The molecule has 1 saturated heterocycles. The van der Waals surface area contributed by atoms with Crippen molar-refractivity contribution >= 4 is 29.1 Å². The first kappa shape index (κ1) is 26.5. The lowest BCUT2D eigenvalue weighted by molar-refractivity contribution is -0.137. The molecule has 0 saturated carbocycles. The topological polar surface area (TPSA) is 70.1 Å². The third-order valence-electron chi connectivity index (χ3n) is 5.93. The number of rotatable bonds is 9. The molecule has 0 aromatic heterocycles. The molecule has 10 heteroatoms. The van der Waals surface area contributed by atoms with E-state index in [4.69, 9.17) is 21.4 Å². The summed E-state index contributed by atoms with van der Waals surface area (Å²) in [7, 11) is 0. The quantitative estimate of drug-likeness (QED) is 0.342. The van der Waals surface area contributed by atoms with Gasteiger partial charge in [-0.15, -0.1) is 0 Å². The summed E-state index contributed by atoms with van der Waals surface area (Å²) < 4.78 is 46.0. The van der Waals surface area contributed by atoms with Crippen molar-refractivity contribution in [2.75, 3.05) is 24.6 Å². The first-order chi connectivity index (χ1) is 17.7. The first-order valence-corrected chi connectivity index (χ1v) is 11.9. The second kappa shape index (κ2) is 11.2. The molecule has 2 amide bonds. The number of ether oxygens (including phenoxy) is 1. The Kier molecular flexibility index (Phi) is 8.04. The highest BCUT2D eigenvalue weighted by Gasteiger charge is 2.41. The summed E-state index contributed by atoms with van der Waals surface area (Å²) in [6, 6.07) is 17.0. The predicted molar refractivity (Wildman–Crippen MR) is 133 cm³/mol. The zero-order chi connectivity index (χ0) is 26.6. The Labute approximate surface area is 216 Å². The van der Waals surface area contributed by atoms with Gasteiger partial charge in [-0.25, -0.2) is 4.79 Å². The fourth-order valence-electron chi connectivity index (χ4n) is 4.14. The average Bonchev–Trinajstić information content (AvgIpc) is 3.20. The van der Waals surface area contributed by atoms with E-state index in [-0.39, 0.29) is 38.3 Å². The molecule has 0 aliphatic carbocycles. The number of aliphatic hydroxyl groups excluding tert-OH is 1. The van der Waals surface area contributed by atoms with Gasteiger partial charge in [-0.05, 0) is 72.6 Å². The van der Waals surface area contributed by atoms with Crippen LogP contribution >= 0.6 is 11.6 Å². The molecule has 4 rings (SSSR count). The molecule has 1 N–H and O–H groups in total. The van der Waals surface area contributed by atoms with Crippen molar-refractivity contribution in [3.8, 4) is 11.5 Å². The maximum atomic E-state index is 13.4. The number of nitrogens with zero attached hydrogens (tertiary/aromatic N) is 2. The lowest BCUT2D eigenvalue weighted by atomic mass is 10.0. The molecule has 1 atom stereocenters. The third kappa shape index (κ3) is 6.42. The van der Waals surface area contributed by atoms with E-state index in [1.165, 1.54) is 21.9 Å². The van der Waals surface area contributed by atoms with Gasteiger partial charge in [0.2, 0.25) is 0 Å². The normalized spacial score (nSPS) is 15.8. The van der Waals surface area contributed by atoms with Gasteiger partial charge in [0.25, 0.3) is 0 Å². The number of benzene rings is 3. The van der Waals surface area contributed by atoms with Gasteiger partial charge < -0.3 is 14.7 Å². The number of anilines is 1. The maximum Gasteiger partial charge on any atom is 0.416 e. The predicted octanol–water partition coefficient (Wildman–Crippen LogP) is 6.48. The molecule has 1 aliphatic rings. The minimum absolute atomic E-state index is 0.0357. The molecule has 6 nitrogen and oxygen atoms in total. The number of urea groups is 1. The second-order valence-corrected chi connectivity index (χ2v) is 9.02. The van der Waals surface area contributed by atoms with E-state index >= 15 is 0 Å². The Morgan fingerprint density at radius 2 is 1.68 bits per heavy atom. The van der Waals surface area contributed by atoms with Crippen molar-refractivity contribution in [3.05, 3.63) is 88.9 Å². The Morgan fingerprint density at radius 3 is 2.30 bits per heavy atom. The molecule has 3 aromatic rings. The highest BCUT2D eigenvalue weighted by atomic mass is 35.5. The van der Waals surface area contributed by atoms with Gasteiger partial charge in [0.15, 0.2) is 5.78 Å². The SMILES string of the molecule is O=C(CCCO)CN1CC(c2cccc(C(F)(F)F)c2)N(c2ccc(Oc3ccc(Cl)cc3)cc2)C1=O. The smallest absolute Gasteiger partial charge is 0.416 e. The summed E-state index contributed by atoms with van der Waals surface area (Å²) in [5.41, 5.74) is -0.0715. The van der Waals surface area contributed by atoms with E-state index in [9.17, 15) is 22.8 Å². The molecule has 1 unspecified atom stereocenters. The lowest BCUT2D eigenvalue weighted by Gasteiger charge is -2.24. The molecule has 0 radical (unpaired) electrons. The van der Waals surface area contributed by atoms with Gasteiger partial charge in [0.05, 0.1) is 18.2 Å². The van der Waals surface area contributed by atoms with Crippen LogP contribution in [-0.2, 0) is 11.0 Å². The number of alkyl halides is 3. The van der Waals surface area contributed by atoms with Gasteiger partial charge >= 0.3 is 12.2 Å². The van der Waals surface area contributed by atoms with Crippen molar-refractivity contribution in [2.45, 2.75) is 25.1 Å². The first-order valence-electron chi connectivity index (χ1n) is 11.6.